The van der Waals surface area contributed by atoms with Crippen LogP contribution in [-0.2, 0) is 9.53 Å². The minimum Gasteiger partial charge on any atom is -0.374 e. The van der Waals surface area contributed by atoms with Crippen molar-refractivity contribution in [2.75, 3.05) is 26.2 Å². The summed E-state index contributed by atoms with van der Waals surface area (Å²) in [4.78, 5) is 13.8. The fourth-order valence-electron chi connectivity index (χ4n) is 1.79. The smallest absolute Gasteiger partial charge is 0.239 e. The van der Waals surface area contributed by atoms with Gasteiger partial charge in [-0.2, -0.15) is 0 Å². The highest BCUT2D eigenvalue weighted by Gasteiger charge is 2.26. The Morgan fingerprint density at radius 1 is 1.50 bits per heavy atom. The maximum atomic E-state index is 11.9. The van der Waals surface area contributed by atoms with Gasteiger partial charge < -0.3 is 15.0 Å². The Kier molecular flexibility index (Phi) is 4.74. The second-order valence-corrected chi connectivity index (χ2v) is 5.20. The fraction of sp³-hybridized carbons (Fsp3) is 0.917. The predicted octanol–water partition coefficient (Wildman–Crippen LogP) is 1.01. The van der Waals surface area contributed by atoms with Gasteiger partial charge in [0, 0.05) is 19.6 Å². The molecule has 1 aliphatic heterocycles. The summed E-state index contributed by atoms with van der Waals surface area (Å²) < 4.78 is 5.63. The Morgan fingerprint density at radius 3 is 2.75 bits per heavy atom. The SMILES string of the molecule is CCC1NCCN(CCOC(C)(C)C)C1=O. The second-order valence-electron chi connectivity index (χ2n) is 5.20. The molecule has 1 N–H and O–H groups in total. The largest absolute Gasteiger partial charge is 0.374 e. The molecule has 0 aromatic heterocycles. The number of nitrogens with one attached hydrogen (secondary N) is 1. The summed E-state index contributed by atoms with van der Waals surface area (Å²) in [7, 11) is 0. The van der Waals surface area contributed by atoms with E-state index in [2.05, 4.69) is 5.32 Å². The summed E-state index contributed by atoms with van der Waals surface area (Å²) in [5.41, 5.74) is -0.124. The normalized spacial score (nSPS) is 22.6. The topological polar surface area (TPSA) is 41.6 Å². The molecule has 1 heterocycles. The molecule has 0 aromatic rings. The zero-order valence-electron chi connectivity index (χ0n) is 10.9. The minimum absolute atomic E-state index is 0.00314. The molecule has 1 rings (SSSR count). The van der Waals surface area contributed by atoms with Crippen LogP contribution in [0.1, 0.15) is 34.1 Å². The third-order valence-electron chi connectivity index (χ3n) is 2.69. The van der Waals surface area contributed by atoms with E-state index in [0.29, 0.717) is 13.2 Å². The molecule has 16 heavy (non-hydrogen) atoms. The fourth-order valence-corrected chi connectivity index (χ4v) is 1.79. The van der Waals surface area contributed by atoms with Gasteiger partial charge in [-0.15, -0.1) is 0 Å². The van der Waals surface area contributed by atoms with E-state index in [9.17, 15) is 4.79 Å². The summed E-state index contributed by atoms with van der Waals surface area (Å²) in [6.07, 6.45) is 0.857. The van der Waals surface area contributed by atoms with Gasteiger partial charge in [-0.25, -0.2) is 0 Å². The molecule has 94 valence electrons. The average Bonchev–Trinajstić information content (AvgIpc) is 2.19. The van der Waals surface area contributed by atoms with Crippen LogP contribution in [0, 0.1) is 0 Å². The second kappa shape index (κ2) is 5.64. The molecule has 1 unspecified atom stereocenters. The molecule has 0 aromatic carbocycles. The van der Waals surface area contributed by atoms with Crippen molar-refractivity contribution in [3.63, 3.8) is 0 Å². The zero-order valence-corrected chi connectivity index (χ0v) is 10.9. The molecule has 1 atom stereocenters. The molecule has 1 aliphatic rings. The Balaban J connectivity index is 2.33. The molecule has 0 radical (unpaired) electrons. The van der Waals surface area contributed by atoms with Crippen LogP contribution in [0.3, 0.4) is 0 Å². The van der Waals surface area contributed by atoms with Crippen LogP contribution in [0.5, 0.6) is 0 Å². The van der Waals surface area contributed by atoms with Gasteiger partial charge in [0.2, 0.25) is 5.91 Å². The monoisotopic (exact) mass is 228 g/mol. The Labute approximate surface area is 98.3 Å². The van der Waals surface area contributed by atoms with Gasteiger partial charge in [-0.3, -0.25) is 4.79 Å². The molecule has 1 amide bonds. The number of nitrogens with zero attached hydrogens (tertiary/aromatic N) is 1. The lowest BCUT2D eigenvalue weighted by Crippen LogP contribution is -2.55. The maximum Gasteiger partial charge on any atom is 0.239 e. The lowest BCUT2D eigenvalue weighted by molar-refractivity contribution is -0.137. The van der Waals surface area contributed by atoms with Crippen LogP contribution < -0.4 is 5.32 Å². The first-order valence-corrected chi connectivity index (χ1v) is 6.10. The minimum atomic E-state index is -0.124. The maximum absolute atomic E-state index is 11.9. The third-order valence-corrected chi connectivity index (χ3v) is 2.69. The molecular formula is C12H24N2O2. The lowest BCUT2D eigenvalue weighted by atomic mass is 10.1. The molecule has 4 nitrogen and oxygen atoms in total. The first kappa shape index (κ1) is 13.5. The summed E-state index contributed by atoms with van der Waals surface area (Å²) in [6.45, 7) is 11.1. The summed E-state index contributed by atoms with van der Waals surface area (Å²) >= 11 is 0. The molecule has 0 aliphatic carbocycles. The van der Waals surface area contributed by atoms with Gasteiger partial charge in [0.25, 0.3) is 0 Å². The van der Waals surface area contributed by atoms with E-state index in [4.69, 9.17) is 4.74 Å². The van der Waals surface area contributed by atoms with E-state index in [1.54, 1.807) is 0 Å². The molecule has 0 spiro atoms. The van der Waals surface area contributed by atoms with Crippen LogP contribution in [0.2, 0.25) is 0 Å². The molecule has 1 fully saturated rings. The number of amides is 1. The highest BCUT2D eigenvalue weighted by molar-refractivity contribution is 5.82. The first-order chi connectivity index (χ1) is 7.44. The van der Waals surface area contributed by atoms with Crippen LogP contribution in [0.4, 0.5) is 0 Å². The summed E-state index contributed by atoms with van der Waals surface area (Å²) in [6, 6.07) is 0.00314. The van der Waals surface area contributed by atoms with Crippen molar-refractivity contribution in [3.8, 4) is 0 Å². The Morgan fingerprint density at radius 2 is 2.19 bits per heavy atom. The van der Waals surface area contributed by atoms with Gasteiger partial charge in [0.05, 0.1) is 18.2 Å². The van der Waals surface area contributed by atoms with Crippen molar-refractivity contribution >= 4 is 5.91 Å². The van der Waals surface area contributed by atoms with Gasteiger partial charge in [0.15, 0.2) is 0 Å². The molecule has 1 saturated heterocycles. The lowest BCUT2D eigenvalue weighted by Gasteiger charge is -2.33. The van der Waals surface area contributed by atoms with Crippen molar-refractivity contribution in [2.24, 2.45) is 0 Å². The number of piperazine rings is 1. The number of rotatable bonds is 4. The number of carbonyl (C=O) groups excluding carboxylic acids is 1. The van der Waals surface area contributed by atoms with Gasteiger partial charge in [-0.05, 0) is 27.2 Å². The van der Waals surface area contributed by atoms with Gasteiger partial charge in [-0.1, -0.05) is 6.92 Å². The summed E-state index contributed by atoms with van der Waals surface area (Å²) in [5, 5.41) is 3.22. The number of hydrogen-bond acceptors (Lipinski definition) is 3. The van der Waals surface area contributed by atoms with Crippen molar-refractivity contribution in [1.82, 2.24) is 10.2 Å². The van der Waals surface area contributed by atoms with Crippen molar-refractivity contribution in [2.45, 2.75) is 45.8 Å². The van der Waals surface area contributed by atoms with Crippen LogP contribution >= 0.6 is 0 Å². The number of carbonyl (C=O) groups is 1. The van der Waals surface area contributed by atoms with E-state index in [0.717, 1.165) is 19.5 Å². The summed E-state index contributed by atoms with van der Waals surface area (Å²) in [5.74, 6) is 0.214. The highest BCUT2D eigenvalue weighted by atomic mass is 16.5. The zero-order chi connectivity index (χ0) is 12.2. The molecular weight excluding hydrogens is 204 g/mol. The predicted molar refractivity (Wildman–Crippen MR) is 64.4 cm³/mol. The standard InChI is InChI=1S/C12H24N2O2/c1-5-10-11(15)14(7-6-13-10)8-9-16-12(2,3)4/h10,13H,5-9H2,1-4H3. The van der Waals surface area contributed by atoms with Crippen molar-refractivity contribution in [1.29, 1.82) is 0 Å². The number of ether oxygens (including phenoxy) is 1. The van der Waals surface area contributed by atoms with Crippen LogP contribution in [0.25, 0.3) is 0 Å². The van der Waals surface area contributed by atoms with E-state index < -0.39 is 0 Å². The van der Waals surface area contributed by atoms with Gasteiger partial charge in [0.1, 0.15) is 0 Å². The highest BCUT2D eigenvalue weighted by Crippen LogP contribution is 2.08. The first-order valence-electron chi connectivity index (χ1n) is 6.10. The van der Waals surface area contributed by atoms with Crippen molar-refractivity contribution < 1.29 is 9.53 Å². The molecule has 0 saturated carbocycles. The van der Waals surface area contributed by atoms with Gasteiger partial charge >= 0.3 is 0 Å². The molecule has 4 heteroatoms. The van der Waals surface area contributed by atoms with Crippen molar-refractivity contribution in [3.05, 3.63) is 0 Å². The van der Waals surface area contributed by atoms with Crippen LogP contribution in [-0.4, -0.2) is 48.7 Å². The Hall–Kier alpha value is -0.610. The Bertz CT molecular complexity index is 236. The number of hydrogen-bond donors (Lipinski definition) is 1. The molecule has 0 bridgehead atoms. The van der Waals surface area contributed by atoms with E-state index in [1.807, 2.05) is 32.6 Å². The van der Waals surface area contributed by atoms with E-state index in [-0.39, 0.29) is 17.6 Å². The average molecular weight is 228 g/mol. The quantitative estimate of drug-likeness (QED) is 0.781. The van der Waals surface area contributed by atoms with E-state index >= 15 is 0 Å². The van der Waals surface area contributed by atoms with E-state index in [1.165, 1.54) is 0 Å². The third kappa shape index (κ3) is 4.10. The van der Waals surface area contributed by atoms with Crippen LogP contribution in [0.15, 0.2) is 0 Å².